The van der Waals surface area contributed by atoms with Crippen molar-refractivity contribution in [3.8, 4) is 6.07 Å². The molecule has 3 rings (SSSR count). The topological polar surface area (TPSA) is 65.9 Å². The highest BCUT2D eigenvalue weighted by atomic mass is 35.5. The number of nitriles is 1. The van der Waals surface area contributed by atoms with Gasteiger partial charge in [-0.2, -0.15) is 5.26 Å². The smallest absolute Gasteiger partial charge is 0.217 e. The van der Waals surface area contributed by atoms with E-state index in [1.165, 1.54) is 0 Å². The number of nitrogens with one attached hydrogen (secondary N) is 1. The Labute approximate surface area is 114 Å². The van der Waals surface area contributed by atoms with Crippen LogP contribution < -0.4 is 0 Å². The van der Waals surface area contributed by atoms with E-state index in [0.717, 1.165) is 10.9 Å². The fraction of sp³-hybridized carbons (Fsp3) is 0.143. The predicted octanol–water partition coefficient (Wildman–Crippen LogP) is 3.04. The summed E-state index contributed by atoms with van der Waals surface area (Å²) in [6.07, 6.45) is -0.611. The number of fused-ring (bicyclic) bond motifs is 1. The molecule has 1 aromatic heterocycles. The van der Waals surface area contributed by atoms with Crippen LogP contribution in [0.4, 0.5) is 0 Å². The van der Waals surface area contributed by atoms with Gasteiger partial charge in [0.25, 0.3) is 0 Å². The molecule has 19 heavy (non-hydrogen) atoms. The number of hydrogen-bond acceptors (Lipinski definition) is 3. The number of rotatable bonds is 1. The summed E-state index contributed by atoms with van der Waals surface area (Å²) >= 11 is 5.93. The molecule has 1 atom stereocenters. The van der Waals surface area contributed by atoms with Crippen LogP contribution in [0, 0.1) is 11.3 Å². The van der Waals surface area contributed by atoms with E-state index in [0.29, 0.717) is 16.5 Å². The van der Waals surface area contributed by atoms with Crippen LogP contribution in [0.1, 0.15) is 12.6 Å². The Bertz CT molecular complexity index is 767. The minimum atomic E-state index is -0.611. The third-order valence-electron chi connectivity index (χ3n) is 3.08. The Hall–Kier alpha value is -2.25. The number of hydrogen-bond donors (Lipinski definition) is 1. The van der Waals surface area contributed by atoms with Crippen molar-refractivity contribution in [1.29, 1.82) is 5.26 Å². The van der Waals surface area contributed by atoms with Gasteiger partial charge in [-0.1, -0.05) is 11.6 Å². The monoisotopic (exact) mass is 272 g/mol. The lowest BCUT2D eigenvalue weighted by molar-refractivity contribution is -0.119. The van der Waals surface area contributed by atoms with Crippen molar-refractivity contribution in [1.82, 2.24) is 4.98 Å². The summed E-state index contributed by atoms with van der Waals surface area (Å²) in [6, 6.07) is 9.15. The summed E-state index contributed by atoms with van der Waals surface area (Å²) in [5.41, 5.74) is 1.55. The molecule has 1 unspecified atom stereocenters. The van der Waals surface area contributed by atoms with Gasteiger partial charge in [0.15, 0.2) is 11.9 Å². The van der Waals surface area contributed by atoms with Crippen molar-refractivity contribution in [3.63, 3.8) is 0 Å². The third-order valence-corrected chi connectivity index (χ3v) is 3.31. The first-order chi connectivity index (χ1) is 9.10. The summed E-state index contributed by atoms with van der Waals surface area (Å²) < 4.78 is 5.47. The highest BCUT2D eigenvalue weighted by molar-refractivity contribution is 6.31. The quantitative estimate of drug-likeness (QED) is 0.868. The molecule has 2 aromatic rings. The molecule has 1 N–H and O–H groups in total. The highest BCUT2D eigenvalue weighted by Gasteiger charge is 2.33. The van der Waals surface area contributed by atoms with E-state index in [4.69, 9.17) is 21.6 Å². The average molecular weight is 273 g/mol. The van der Waals surface area contributed by atoms with Gasteiger partial charge in [-0.3, -0.25) is 4.79 Å². The van der Waals surface area contributed by atoms with Gasteiger partial charge in [0.2, 0.25) is 5.78 Å². The molecule has 1 aliphatic heterocycles. The predicted molar refractivity (Wildman–Crippen MR) is 71.4 cm³/mol. The maximum atomic E-state index is 11.7. The standard InChI is InChI=1S/C14H9ClN2O2/c1-7-13(18)10(6-16)14(19-7)12-5-8-4-9(15)2-3-11(8)17-12/h2-5,7,17H,1H3. The van der Waals surface area contributed by atoms with Gasteiger partial charge in [0, 0.05) is 15.9 Å². The third kappa shape index (κ3) is 1.79. The number of benzene rings is 1. The molecule has 0 fully saturated rings. The van der Waals surface area contributed by atoms with Crippen LogP contribution in [0.3, 0.4) is 0 Å². The van der Waals surface area contributed by atoms with Crippen molar-refractivity contribution in [2.24, 2.45) is 0 Å². The molecule has 2 heterocycles. The molecule has 0 aliphatic carbocycles. The summed E-state index contributed by atoms with van der Waals surface area (Å²) in [4.78, 5) is 14.9. The minimum absolute atomic E-state index is 0.0603. The molecule has 0 bridgehead atoms. The molecule has 1 aromatic carbocycles. The average Bonchev–Trinajstić information content (AvgIpc) is 2.91. The van der Waals surface area contributed by atoms with Crippen LogP contribution in [0.25, 0.3) is 16.7 Å². The van der Waals surface area contributed by atoms with Crippen LogP contribution in [-0.2, 0) is 9.53 Å². The molecule has 94 valence electrons. The first-order valence-corrected chi connectivity index (χ1v) is 6.12. The van der Waals surface area contributed by atoms with Crippen LogP contribution in [0.2, 0.25) is 5.02 Å². The Kier molecular flexibility index (Phi) is 2.58. The van der Waals surface area contributed by atoms with Crippen LogP contribution >= 0.6 is 11.6 Å². The first kappa shape index (κ1) is 11.8. The molecule has 0 radical (unpaired) electrons. The number of aromatic nitrogens is 1. The Morgan fingerprint density at radius 1 is 1.42 bits per heavy atom. The van der Waals surface area contributed by atoms with Gasteiger partial charge in [0.05, 0.1) is 5.69 Å². The molecular weight excluding hydrogens is 264 g/mol. The van der Waals surface area contributed by atoms with E-state index in [-0.39, 0.29) is 11.4 Å². The zero-order valence-corrected chi connectivity index (χ0v) is 10.8. The summed E-state index contributed by atoms with van der Waals surface area (Å²) in [5, 5.41) is 10.6. The number of carbonyl (C=O) groups is 1. The second-order valence-corrected chi connectivity index (χ2v) is 4.79. The van der Waals surface area contributed by atoms with Gasteiger partial charge < -0.3 is 9.72 Å². The lowest BCUT2D eigenvalue weighted by atomic mass is 10.1. The van der Waals surface area contributed by atoms with Crippen molar-refractivity contribution in [2.75, 3.05) is 0 Å². The summed E-state index contributed by atoms with van der Waals surface area (Å²) in [7, 11) is 0. The van der Waals surface area contributed by atoms with E-state index in [1.54, 1.807) is 13.0 Å². The second-order valence-electron chi connectivity index (χ2n) is 4.35. The molecule has 1 aliphatic rings. The van der Waals surface area contributed by atoms with E-state index in [2.05, 4.69) is 4.98 Å². The van der Waals surface area contributed by atoms with Gasteiger partial charge in [0.1, 0.15) is 11.6 Å². The number of ether oxygens (including phenoxy) is 1. The molecule has 0 amide bonds. The van der Waals surface area contributed by atoms with E-state index >= 15 is 0 Å². The zero-order chi connectivity index (χ0) is 13.6. The maximum absolute atomic E-state index is 11.7. The van der Waals surface area contributed by atoms with Gasteiger partial charge in [-0.25, -0.2) is 0 Å². The van der Waals surface area contributed by atoms with E-state index in [9.17, 15) is 4.79 Å². The number of ketones is 1. The summed E-state index contributed by atoms with van der Waals surface area (Å²) in [6.45, 7) is 1.63. The van der Waals surface area contributed by atoms with Gasteiger partial charge >= 0.3 is 0 Å². The van der Waals surface area contributed by atoms with Crippen LogP contribution in [0.15, 0.2) is 29.8 Å². The number of Topliss-reactive ketones (excluding diaryl/α,β-unsaturated/α-hetero) is 1. The van der Waals surface area contributed by atoms with Crippen molar-refractivity contribution in [3.05, 3.63) is 40.6 Å². The number of nitrogens with zero attached hydrogens (tertiary/aromatic N) is 1. The summed E-state index contributed by atoms with van der Waals surface area (Å²) in [5.74, 6) is 0.0292. The molecule has 5 heteroatoms. The first-order valence-electron chi connectivity index (χ1n) is 5.74. The largest absolute Gasteiger partial charge is 0.479 e. The number of H-pyrrole nitrogens is 1. The molecule has 0 spiro atoms. The number of aromatic amines is 1. The van der Waals surface area contributed by atoms with Crippen LogP contribution in [-0.4, -0.2) is 16.9 Å². The van der Waals surface area contributed by atoms with Crippen LogP contribution in [0.5, 0.6) is 0 Å². The van der Waals surface area contributed by atoms with E-state index in [1.807, 2.05) is 24.3 Å². The highest BCUT2D eigenvalue weighted by Crippen LogP contribution is 2.31. The SMILES string of the molecule is CC1OC(c2cc3cc(Cl)ccc3[nH]2)=C(C#N)C1=O. The number of halogens is 1. The van der Waals surface area contributed by atoms with Crippen molar-refractivity contribution < 1.29 is 9.53 Å². The van der Waals surface area contributed by atoms with Crippen molar-refractivity contribution >= 4 is 34.0 Å². The zero-order valence-electron chi connectivity index (χ0n) is 10.0. The Morgan fingerprint density at radius 2 is 2.21 bits per heavy atom. The Balaban J connectivity index is 2.17. The van der Waals surface area contributed by atoms with Gasteiger partial charge in [-0.05, 0) is 31.2 Å². The lowest BCUT2D eigenvalue weighted by Gasteiger charge is -2.04. The molecule has 0 saturated heterocycles. The molecule has 0 saturated carbocycles. The second kappa shape index (κ2) is 4.15. The lowest BCUT2D eigenvalue weighted by Crippen LogP contribution is -2.12. The molecule has 4 nitrogen and oxygen atoms in total. The van der Waals surface area contributed by atoms with Gasteiger partial charge in [-0.15, -0.1) is 0 Å². The Morgan fingerprint density at radius 3 is 2.95 bits per heavy atom. The number of carbonyl (C=O) groups excluding carboxylic acids is 1. The normalized spacial score (nSPS) is 18.8. The fourth-order valence-electron chi connectivity index (χ4n) is 2.13. The maximum Gasteiger partial charge on any atom is 0.217 e. The minimum Gasteiger partial charge on any atom is -0.479 e. The van der Waals surface area contributed by atoms with Crippen molar-refractivity contribution in [2.45, 2.75) is 13.0 Å². The van der Waals surface area contributed by atoms with E-state index < -0.39 is 6.10 Å². The fourth-order valence-corrected chi connectivity index (χ4v) is 2.31. The molecular formula is C14H9ClN2O2.